The van der Waals surface area contributed by atoms with E-state index in [9.17, 15) is 5.11 Å². The predicted molar refractivity (Wildman–Crippen MR) is 71.1 cm³/mol. The minimum Gasteiger partial charge on any atom is -0.393 e. The lowest BCUT2D eigenvalue weighted by atomic mass is 10.1. The maximum atomic E-state index is 9.51. The van der Waals surface area contributed by atoms with Gasteiger partial charge in [0.15, 0.2) is 0 Å². The van der Waals surface area contributed by atoms with E-state index in [1.165, 1.54) is 45.3 Å². The molecular weight excluding hydrogens is 212 g/mol. The van der Waals surface area contributed by atoms with Crippen LogP contribution in [0.15, 0.2) is 0 Å². The lowest BCUT2D eigenvalue weighted by Gasteiger charge is -2.20. The Kier molecular flexibility index (Phi) is 5.26. The smallest absolute Gasteiger partial charge is 0.0543 e. The van der Waals surface area contributed by atoms with Crippen molar-refractivity contribution < 1.29 is 5.11 Å². The van der Waals surface area contributed by atoms with Crippen LogP contribution in [-0.4, -0.2) is 48.3 Å². The fourth-order valence-electron chi connectivity index (χ4n) is 3.24. The zero-order valence-corrected chi connectivity index (χ0v) is 11.2. The monoisotopic (exact) mass is 240 g/mol. The zero-order valence-electron chi connectivity index (χ0n) is 11.2. The highest BCUT2D eigenvalue weighted by molar-refractivity contribution is 4.80. The van der Waals surface area contributed by atoms with Crippen molar-refractivity contribution in [3.8, 4) is 0 Å². The largest absolute Gasteiger partial charge is 0.393 e. The lowest BCUT2D eigenvalue weighted by molar-refractivity contribution is 0.177. The van der Waals surface area contributed by atoms with Crippen LogP contribution in [0.5, 0.6) is 0 Å². The minimum atomic E-state index is -0.0217. The molecule has 3 heteroatoms. The first-order valence-electron chi connectivity index (χ1n) is 7.41. The Bertz CT molecular complexity index is 222. The van der Waals surface area contributed by atoms with E-state index in [-0.39, 0.29) is 6.10 Å². The third-order valence-electron chi connectivity index (χ3n) is 4.48. The van der Waals surface area contributed by atoms with Gasteiger partial charge in [-0.2, -0.15) is 0 Å². The molecule has 3 atom stereocenters. The first-order valence-corrected chi connectivity index (χ1v) is 7.41. The van der Waals surface area contributed by atoms with Gasteiger partial charge in [-0.3, -0.25) is 0 Å². The first-order chi connectivity index (χ1) is 8.28. The van der Waals surface area contributed by atoms with Gasteiger partial charge in [-0.15, -0.1) is 0 Å². The molecule has 1 aliphatic carbocycles. The molecule has 0 bridgehead atoms. The fourth-order valence-corrected chi connectivity index (χ4v) is 3.24. The molecule has 2 fully saturated rings. The Morgan fingerprint density at radius 3 is 2.76 bits per heavy atom. The van der Waals surface area contributed by atoms with Crippen molar-refractivity contribution in [2.45, 2.75) is 57.6 Å². The Hall–Kier alpha value is -0.120. The molecule has 0 aromatic rings. The molecule has 3 unspecified atom stereocenters. The summed E-state index contributed by atoms with van der Waals surface area (Å²) in [4.78, 5) is 2.56. The SMILES string of the molecule is CCN1CCCC(NCC2CCC(O)C2)CC1. The van der Waals surface area contributed by atoms with Crippen molar-refractivity contribution in [2.75, 3.05) is 26.2 Å². The summed E-state index contributed by atoms with van der Waals surface area (Å²) in [6.07, 6.45) is 7.17. The third-order valence-corrected chi connectivity index (χ3v) is 4.48. The molecule has 100 valence electrons. The maximum Gasteiger partial charge on any atom is 0.0543 e. The summed E-state index contributed by atoms with van der Waals surface area (Å²) in [6, 6.07) is 0.712. The van der Waals surface area contributed by atoms with Crippen LogP contribution >= 0.6 is 0 Å². The molecule has 0 aromatic heterocycles. The van der Waals surface area contributed by atoms with Crippen molar-refractivity contribution in [3.63, 3.8) is 0 Å². The second kappa shape index (κ2) is 6.72. The molecular formula is C14H28N2O. The molecule has 0 radical (unpaired) electrons. The molecule has 0 spiro atoms. The molecule has 1 aliphatic heterocycles. The van der Waals surface area contributed by atoms with Crippen LogP contribution in [0.2, 0.25) is 0 Å². The van der Waals surface area contributed by atoms with Crippen LogP contribution in [0.1, 0.15) is 45.4 Å². The normalized spacial score (nSPS) is 36.0. The Labute approximate surface area is 106 Å². The standard InChI is InChI=1S/C14H28N2O/c1-2-16-8-3-4-13(7-9-16)15-11-12-5-6-14(17)10-12/h12-15,17H,2-11H2,1H3. The summed E-state index contributed by atoms with van der Waals surface area (Å²) in [5.41, 5.74) is 0. The average Bonchev–Trinajstić information content (AvgIpc) is 2.63. The number of aliphatic hydroxyl groups is 1. The van der Waals surface area contributed by atoms with Crippen LogP contribution < -0.4 is 5.32 Å². The van der Waals surface area contributed by atoms with Gasteiger partial charge in [-0.05, 0) is 70.6 Å². The second-order valence-electron chi connectivity index (χ2n) is 5.80. The van der Waals surface area contributed by atoms with Crippen LogP contribution in [-0.2, 0) is 0 Å². The predicted octanol–water partition coefficient (Wildman–Crippen LogP) is 1.61. The minimum absolute atomic E-state index is 0.0217. The number of nitrogens with zero attached hydrogens (tertiary/aromatic N) is 1. The van der Waals surface area contributed by atoms with Crippen LogP contribution in [0, 0.1) is 5.92 Å². The van der Waals surface area contributed by atoms with Crippen molar-refractivity contribution in [2.24, 2.45) is 5.92 Å². The van der Waals surface area contributed by atoms with Gasteiger partial charge in [-0.1, -0.05) is 6.92 Å². The van der Waals surface area contributed by atoms with Crippen LogP contribution in [0.3, 0.4) is 0 Å². The Morgan fingerprint density at radius 1 is 1.18 bits per heavy atom. The van der Waals surface area contributed by atoms with Gasteiger partial charge >= 0.3 is 0 Å². The number of rotatable bonds is 4. The number of aliphatic hydroxyl groups excluding tert-OH is 1. The topological polar surface area (TPSA) is 35.5 Å². The highest BCUT2D eigenvalue weighted by Crippen LogP contribution is 2.25. The summed E-state index contributed by atoms with van der Waals surface area (Å²) in [7, 11) is 0. The van der Waals surface area contributed by atoms with Gasteiger partial charge in [0, 0.05) is 6.04 Å². The van der Waals surface area contributed by atoms with Gasteiger partial charge in [0.1, 0.15) is 0 Å². The van der Waals surface area contributed by atoms with E-state index in [1.54, 1.807) is 0 Å². The van der Waals surface area contributed by atoms with Gasteiger partial charge in [0.25, 0.3) is 0 Å². The molecule has 1 heterocycles. The quantitative estimate of drug-likeness (QED) is 0.784. The number of nitrogens with one attached hydrogen (secondary N) is 1. The number of hydrogen-bond donors (Lipinski definition) is 2. The number of hydrogen-bond acceptors (Lipinski definition) is 3. The summed E-state index contributed by atoms with van der Waals surface area (Å²) in [6.45, 7) is 7.10. The van der Waals surface area contributed by atoms with E-state index >= 15 is 0 Å². The molecule has 2 N–H and O–H groups in total. The molecule has 2 rings (SSSR count). The molecule has 1 saturated heterocycles. The molecule has 2 aliphatic rings. The van der Waals surface area contributed by atoms with Gasteiger partial charge in [0.05, 0.1) is 6.10 Å². The fraction of sp³-hybridized carbons (Fsp3) is 1.00. The van der Waals surface area contributed by atoms with E-state index in [4.69, 9.17) is 0 Å². The summed E-state index contributed by atoms with van der Waals surface area (Å²) >= 11 is 0. The van der Waals surface area contributed by atoms with Crippen LogP contribution in [0.25, 0.3) is 0 Å². The van der Waals surface area contributed by atoms with Gasteiger partial charge < -0.3 is 15.3 Å². The van der Waals surface area contributed by atoms with Crippen molar-refractivity contribution in [3.05, 3.63) is 0 Å². The van der Waals surface area contributed by atoms with E-state index in [0.717, 1.165) is 25.3 Å². The van der Waals surface area contributed by atoms with Gasteiger partial charge in [-0.25, -0.2) is 0 Å². The maximum absolute atomic E-state index is 9.51. The lowest BCUT2D eigenvalue weighted by Crippen LogP contribution is -2.34. The number of likely N-dealkylation sites (tertiary alicyclic amines) is 1. The van der Waals surface area contributed by atoms with Crippen molar-refractivity contribution in [1.82, 2.24) is 10.2 Å². The van der Waals surface area contributed by atoms with E-state index in [2.05, 4.69) is 17.1 Å². The Morgan fingerprint density at radius 2 is 2.06 bits per heavy atom. The highest BCUT2D eigenvalue weighted by atomic mass is 16.3. The molecule has 3 nitrogen and oxygen atoms in total. The zero-order chi connectivity index (χ0) is 12.1. The van der Waals surface area contributed by atoms with Crippen molar-refractivity contribution in [1.29, 1.82) is 0 Å². The first kappa shape index (κ1) is 13.3. The van der Waals surface area contributed by atoms with E-state index in [1.807, 2.05) is 0 Å². The molecule has 0 amide bonds. The summed E-state index contributed by atoms with van der Waals surface area (Å²) in [5.74, 6) is 0.718. The second-order valence-corrected chi connectivity index (χ2v) is 5.80. The molecule has 1 saturated carbocycles. The summed E-state index contributed by atoms with van der Waals surface area (Å²) in [5, 5.41) is 13.2. The van der Waals surface area contributed by atoms with Gasteiger partial charge in [0.2, 0.25) is 0 Å². The molecule has 17 heavy (non-hydrogen) atoms. The van der Waals surface area contributed by atoms with Crippen molar-refractivity contribution >= 4 is 0 Å². The van der Waals surface area contributed by atoms with Crippen LogP contribution in [0.4, 0.5) is 0 Å². The Balaban J connectivity index is 1.65. The van der Waals surface area contributed by atoms with E-state index in [0.29, 0.717) is 6.04 Å². The average molecular weight is 240 g/mol. The molecule has 0 aromatic carbocycles. The highest BCUT2D eigenvalue weighted by Gasteiger charge is 2.23. The third kappa shape index (κ3) is 4.23. The van der Waals surface area contributed by atoms with E-state index < -0.39 is 0 Å². The summed E-state index contributed by atoms with van der Waals surface area (Å²) < 4.78 is 0.